The summed E-state index contributed by atoms with van der Waals surface area (Å²) < 4.78 is 8.16. The molecular formula is C67H58S3. The first kappa shape index (κ1) is 44.8. The van der Waals surface area contributed by atoms with Gasteiger partial charge in [-0.2, -0.15) is 0 Å². The zero-order valence-corrected chi connectivity index (χ0v) is 43.6. The molecule has 0 spiro atoms. The van der Waals surface area contributed by atoms with Gasteiger partial charge in [-0.25, -0.2) is 0 Å². The molecule has 0 aliphatic heterocycles. The fourth-order valence-electron chi connectivity index (χ4n) is 11.2. The minimum absolute atomic E-state index is 0.00866. The highest BCUT2D eigenvalue weighted by Crippen LogP contribution is 2.44. The molecule has 0 saturated carbocycles. The Morgan fingerprint density at radius 3 is 1.69 bits per heavy atom. The van der Waals surface area contributed by atoms with Crippen molar-refractivity contribution in [3.05, 3.63) is 216 Å². The van der Waals surface area contributed by atoms with Crippen LogP contribution in [0.15, 0.2) is 188 Å². The van der Waals surface area contributed by atoms with Crippen molar-refractivity contribution in [2.45, 2.75) is 78.1 Å². The van der Waals surface area contributed by atoms with Gasteiger partial charge in [0.15, 0.2) is 0 Å². The lowest BCUT2D eigenvalue weighted by Gasteiger charge is -2.30. The van der Waals surface area contributed by atoms with E-state index in [1.165, 1.54) is 122 Å². The van der Waals surface area contributed by atoms with Crippen molar-refractivity contribution in [1.82, 2.24) is 0 Å². The Bertz CT molecular complexity index is 3940. The predicted octanol–water partition coefficient (Wildman–Crippen LogP) is 20.6. The number of benzene rings is 9. The molecule has 0 aliphatic rings. The van der Waals surface area contributed by atoms with Gasteiger partial charge in [0.2, 0.25) is 0 Å². The summed E-state index contributed by atoms with van der Waals surface area (Å²) in [5.74, 6) is 0.889. The molecule has 3 heterocycles. The van der Waals surface area contributed by atoms with E-state index in [4.69, 9.17) is 0 Å². The van der Waals surface area contributed by atoms with Gasteiger partial charge >= 0.3 is 0 Å². The van der Waals surface area contributed by atoms with E-state index in [9.17, 15) is 0 Å². The van der Waals surface area contributed by atoms with Crippen LogP contribution in [-0.4, -0.2) is 0 Å². The molecule has 0 N–H and O–H groups in total. The average Bonchev–Trinajstić information content (AvgIpc) is 4.07. The Balaban J connectivity index is 0.776. The summed E-state index contributed by atoms with van der Waals surface area (Å²) in [6.07, 6.45) is 2.00. The predicted molar refractivity (Wildman–Crippen MR) is 311 cm³/mol. The standard InChI is InChI=1S/C67H58S3/c1-41(42(2)45-15-12-16-48(37-45)52-20-14-21-55-53-17-8-11-24-61(53)69-65(52)55)35-43-25-33-63-57(36-43)56-22-13-19-51(64(56)70-63)44-28-31-50(32-29-44)67(6,7)40-49-27-26-47(39-59(49)66(3,4)5)46-30-34-62-58(38-46)54-18-9-10-23-60(54)68-62/h8-34,36-39,41-42H,35,40H2,1-7H3. The van der Waals surface area contributed by atoms with Crippen LogP contribution in [0.3, 0.4) is 0 Å². The molecule has 2 unspecified atom stereocenters. The first-order chi connectivity index (χ1) is 33.9. The van der Waals surface area contributed by atoms with Crippen LogP contribution in [0.1, 0.15) is 82.2 Å². The fourth-order valence-corrected chi connectivity index (χ4v) is 14.8. The van der Waals surface area contributed by atoms with Gasteiger partial charge in [-0.05, 0) is 133 Å². The normalized spacial score (nSPS) is 13.4. The van der Waals surface area contributed by atoms with Crippen LogP contribution in [0, 0.1) is 5.92 Å². The van der Waals surface area contributed by atoms with Gasteiger partial charge in [0, 0.05) is 60.5 Å². The van der Waals surface area contributed by atoms with Crippen molar-refractivity contribution in [3.8, 4) is 33.4 Å². The van der Waals surface area contributed by atoms with Crippen LogP contribution in [0.4, 0.5) is 0 Å². The summed E-state index contributed by atoms with van der Waals surface area (Å²) in [6, 6.07) is 71.5. The fraction of sp³-hybridized carbons (Fsp3) is 0.194. The maximum Gasteiger partial charge on any atom is 0.0433 e. The molecule has 0 bridgehead atoms. The molecule has 0 fully saturated rings. The minimum Gasteiger partial charge on any atom is -0.135 e. The van der Waals surface area contributed by atoms with E-state index < -0.39 is 0 Å². The maximum atomic E-state index is 2.48. The molecule has 2 atom stereocenters. The number of thiophene rings is 3. The second kappa shape index (κ2) is 17.5. The summed E-state index contributed by atoms with van der Waals surface area (Å²) in [5.41, 5.74) is 14.8. The molecule has 9 aromatic carbocycles. The second-order valence-electron chi connectivity index (χ2n) is 21.6. The Hall–Kier alpha value is -6.36. The zero-order valence-electron chi connectivity index (χ0n) is 41.2. The van der Waals surface area contributed by atoms with Crippen molar-refractivity contribution in [2.24, 2.45) is 5.92 Å². The highest BCUT2D eigenvalue weighted by Gasteiger charge is 2.27. The second-order valence-corrected chi connectivity index (χ2v) is 24.7. The van der Waals surface area contributed by atoms with Gasteiger partial charge in [0.05, 0.1) is 0 Å². The van der Waals surface area contributed by atoms with Crippen molar-refractivity contribution in [1.29, 1.82) is 0 Å². The largest absolute Gasteiger partial charge is 0.135 e. The molecule has 0 amide bonds. The highest BCUT2D eigenvalue weighted by atomic mass is 32.1. The lowest BCUT2D eigenvalue weighted by molar-refractivity contribution is 0.486. The molecule has 12 rings (SSSR count). The number of hydrogen-bond donors (Lipinski definition) is 0. The Labute approximate surface area is 424 Å². The van der Waals surface area contributed by atoms with Crippen molar-refractivity contribution in [2.75, 3.05) is 0 Å². The van der Waals surface area contributed by atoms with E-state index in [1.54, 1.807) is 0 Å². The number of hydrogen-bond acceptors (Lipinski definition) is 3. The van der Waals surface area contributed by atoms with Crippen LogP contribution in [0.5, 0.6) is 0 Å². The molecular weight excluding hydrogens is 901 g/mol. The van der Waals surface area contributed by atoms with Gasteiger partial charge in [0.1, 0.15) is 0 Å². The first-order valence-corrected chi connectivity index (χ1v) is 27.4. The SMILES string of the molecule is CC(Cc1ccc2sc3c(-c4ccc(C(C)(C)Cc5ccc(-c6ccc7sc8ccccc8c7c6)cc5C(C)(C)C)cc4)cccc3c2c1)C(C)c1cccc(-c2cccc3c2sc2ccccc23)c1. The van der Waals surface area contributed by atoms with Gasteiger partial charge in [-0.15, -0.1) is 34.0 Å². The third-order valence-electron chi connectivity index (χ3n) is 15.3. The molecule has 0 aliphatic carbocycles. The number of fused-ring (bicyclic) bond motifs is 9. The maximum absolute atomic E-state index is 2.48. The minimum atomic E-state index is -0.0552. The van der Waals surface area contributed by atoms with Crippen LogP contribution >= 0.6 is 34.0 Å². The van der Waals surface area contributed by atoms with Gasteiger partial charge < -0.3 is 0 Å². The molecule has 0 nitrogen and oxygen atoms in total. The monoisotopic (exact) mass is 958 g/mol. The van der Waals surface area contributed by atoms with Crippen LogP contribution in [-0.2, 0) is 23.7 Å². The summed E-state index contributed by atoms with van der Waals surface area (Å²) in [7, 11) is 0. The summed E-state index contributed by atoms with van der Waals surface area (Å²) in [4.78, 5) is 0. The van der Waals surface area contributed by atoms with E-state index in [-0.39, 0.29) is 10.8 Å². The summed E-state index contributed by atoms with van der Waals surface area (Å²) >= 11 is 5.73. The Kier molecular flexibility index (Phi) is 11.2. The van der Waals surface area contributed by atoms with Gasteiger partial charge in [0.25, 0.3) is 0 Å². The van der Waals surface area contributed by atoms with E-state index >= 15 is 0 Å². The molecule has 3 aromatic heterocycles. The third-order valence-corrected chi connectivity index (χ3v) is 18.9. The van der Waals surface area contributed by atoms with Crippen LogP contribution in [0.25, 0.3) is 93.9 Å². The third kappa shape index (κ3) is 8.07. The van der Waals surface area contributed by atoms with Crippen molar-refractivity contribution in [3.63, 3.8) is 0 Å². The van der Waals surface area contributed by atoms with E-state index in [1.807, 2.05) is 34.0 Å². The van der Waals surface area contributed by atoms with Crippen molar-refractivity contribution >= 4 is 94.5 Å². The molecule has 0 radical (unpaired) electrons. The molecule has 12 aromatic rings. The lowest BCUT2D eigenvalue weighted by Crippen LogP contribution is -2.24. The molecule has 344 valence electrons. The quantitative estimate of drug-likeness (QED) is 0.128. The summed E-state index contributed by atoms with van der Waals surface area (Å²) in [6.45, 7) is 16.7. The van der Waals surface area contributed by atoms with E-state index in [0.29, 0.717) is 11.8 Å². The highest BCUT2D eigenvalue weighted by molar-refractivity contribution is 7.27. The smallest absolute Gasteiger partial charge is 0.0433 e. The average molecular weight is 959 g/mol. The van der Waals surface area contributed by atoms with Crippen LogP contribution in [0.2, 0.25) is 0 Å². The lowest BCUT2D eigenvalue weighted by atomic mass is 9.74. The van der Waals surface area contributed by atoms with Gasteiger partial charge in [-0.1, -0.05) is 200 Å². The number of rotatable bonds is 10. The Morgan fingerprint density at radius 2 is 0.957 bits per heavy atom. The molecule has 70 heavy (non-hydrogen) atoms. The zero-order chi connectivity index (χ0) is 47.9. The first-order valence-electron chi connectivity index (χ1n) is 25.0. The van der Waals surface area contributed by atoms with Crippen LogP contribution < -0.4 is 0 Å². The topological polar surface area (TPSA) is 0 Å². The Morgan fingerprint density at radius 1 is 0.414 bits per heavy atom. The molecule has 0 saturated heterocycles. The van der Waals surface area contributed by atoms with Crippen molar-refractivity contribution < 1.29 is 0 Å². The summed E-state index contributed by atoms with van der Waals surface area (Å²) in [5, 5.41) is 8.13. The molecule has 3 heteroatoms. The van der Waals surface area contributed by atoms with Gasteiger partial charge in [-0.3, -0.25) is 0 Å². The van der Waals surface area contributed by atoms with E-state index in [2.05, 4.69) is 237 Å². The van der Waals surface area contributed by atoms with E-state index in [0.717, 1.165) is 12.8 Å².